The highest BCUT2D eigenvalue weighted by Gasteiger charge is 2.14. The van der Waals surface area contributed by atoms with E-state index in [0.717, 1.165) is 23.6 Å². The van der Waals surface area contributed by atoms with Gasteiger partial charge in [0.05, 0.1) is 12.3 Å². The van der Waals surface area contributed by atoms with Gasteiger partial charge in [0.2, 0.25) is 5.16 Å². The van der Waals surface area contributed by atoms with E-state index in [1.807, 2.05) is 19.9 Å². The highest BCUT2D eigenvalue weighted by atomic mass is 32.2. The van der Waals surface area contributed by atoms with E-state index in [2.05, 4.69) is 15.3 Å². The van der Waals surface area contributed by atoms with Gasteiger partial charge in [-0.05, 0) is 50.6 Å². The number of thioether (sulfide) groups is 1. The fraction of sp³-hybridized carbons (Fsp3) is 0.312. The fourth-order valence-electron chi connectivity index (χ4n) is 2.29. The predicted molar refractivity (Wildman–Crippen MR) is 94.0 cm³/mol. The molecule has 0 fully saturated rings. The molecular formula is C16H19FN6OS. The van der Waals surface area contributed by atoms with Crippen molar-refractivity contribution in [2.24, 2.45) is 0 Å². The van der Waals surface area contributed by atoms with Crippen molar-refractivity contribution in [3.8, 4) is 11.7 Å². The van der Waals surface area contributed by atoms with Crippen LogP contribution in [0.5, 0.6) is 5.75 Å². The molecule has 1 aromatic carbocycles. The number of ether oxygens (including phenoxy) is 1. The molecule has 0 aliphatic rings. The first-order valence-electron chi connectivity index (χ1n) is 7.80. The van der Waals surface area contributed by atoms with Crippen LogP contribution in [-0.4, -0.2) is 37.0 Å². The lowest BCUT2D eigenvalue weighted by Crippen LogP contribution is -2.17. The smallest absolute Gasteiger partial charge is 0.271 e. The molecule has 0 saturated heterocycles. The van der Waals surface area contributed by atoms with E-state index in [-0.39, 0.29) is 5.82 Å². The minimum Gasteiger partial charge on any atom is -0.494 e. The number of nitrogen functional groups attached to an aromatic ring is 1. The van der Waals surface area contributed by atoms with E-state index < -0.39 is 0 Å². The molecule has 0 aliphatic carbocycles. The molecule has 25 heavy (non-hydrogen) atoms. The van der Waals surface area contributed by atoms with Gasteiger partial charge in [-0.25, -0.2) is 13.7 Å². The maximum Gasteiger partial charge on any atom is 0.271 e. The number of aromatic nitrogens is 5. The molecule has 2 aromatic heterocycles. The van der Waals surface area contributed by atoms with Crippen molar-refractivity contribution in [2.45, 2.75) is 25.4 Å². The summed E-state index contributed by atoms with van der Waals surface area (Å²) in [7, 11) is 0. The number of nitrogens with two attached hydrogens (primary N) is 1. The summed E-state index contributed by atoms with van der Waals surface area (Å²) in [5.41, 5.74) is 1.84. The van der Waals surface area contributed by atoms with Crippen LogP contribution >= 0.6 is 11.8 Å². The van der Waals surface area contributed by atoms with Gasteiger partial charge in [-0.2, -0.15) is 5.10 Å². The molecule has 0 unspecified atom stereocenters. The van der Waals surface area contributed by atoms with Crippen LogP contribution in [0.15, 0.2) is 35.5 Å². The normalized spacial score (nSPS) is 11.0. The standard InChI is InChI=1S/C16H19FN6OS/c1-11-10-12(2)23(21-11)15-19-20-16(22(15)18)25-9-3-8-24-14-6-4-13(17)5-7-14/h4-7,10H,3,8-9,18H2,1-2H3. The van der Waals surface area contributed by atoms with Crippen molar-refractivity contribution in [1.29, 1.82) is 0 Å². The molecule has 0 radical (unpaired) electrons. The lowest BCUT2D eigenvalue weighted by atomic mass is 10.3. The van der Waals surface area contributed by atoms with Crippen molar-refractivity contribution in [3.05, 3.63) is 47.5 Å². The molecule has 0 amide bonds. The largest absolute Gasteiger partial charge is 0.494 e. The average molecular weight is 362 g/mol. The summed E-state index contributed by atoms with van der Waals surface area (Å²) in [6, 6.07) is 7.93. The molecule has 132 valence electrons. The van der Waals surface area contributed by atoms with Gasteiger partial charge in [0.25, 0.3) is 5.95 Å². The molecule has 0 spiro atoms. The van der Waals surface area contributed by atoms with Crippen LogP contribution in [0, 0.1) is 19.7 Å². The second-order valence-corrected chi connectivity index (χ2v) is 6.56. The summed E-state index contributed by atoms with van der Waals surface area (Å²) in [5.74, 6) is 7.71. The Balaban J connectivity index is 1.51. The van der Waals surface area contributed by atoms with Crippen LogP contribution in [-0.2, 0) is 0 Å². The number of benzene rings is 1. The predicted octanol–water partition coefficient (Wildman–Crippen LogP) is 2.49. The number of aryl methyl sites for hydroxylation is 2. The first kappa shape index (κ1) is 17.3. The van der Waals surface area contributed by atoms with E-state index >= 15 is 0 Å². The van der Waals surface area contributed by atoms with Crippen molar-refractivity contribution < 1.29 is 9.13 Å². The van der Waals surface area contributed by atoms with Gasteiger partial charge >= 0.3 is 0 Å². The Labute approximate surface area is 149 Å². The summed E-state index contributed by atoms with van der Waals surface area (Å²) in [6.45, 7) is 4.38. The molecule has 0 atom stereocenters. The molecule has 0 saturated carbocycles. The molecule has 3 aromatic rings. The monoisotopic (exact) mass is 362 g/mol. The van der Waals surface area contributed by atoms with Crippen molar-refractivity contribution in [2.75, 3.05) is 18.2 Å². The minimum atomic E-state index is -0.274. The molecule has 9 heteroatoms. The summed E-state index contributed by atoms with van der Waals surface area (Å²) >= 11 is 1.50. The summed E-state index contributed by atoms with van der Waals surface area (Å²) < 4.78 is 21.5. The van der Waals surface area contributed by atoms with Crippen LogP contribution in [0.25, 0.3) is 5.95 Å². The molecule has 0 bridgehead atoms. The van der Waals surface area contributed by atoms with Gasteiger partial charge < -0.3 is 10.6 Å². The Morgan fingerprint density at radius 3 is 2.64 bits per heavy atom. The second-order valence-electron chi connectivity index (χ2n) is 5.50. The van der Waals surface area contributed by atoms with E-state index in [0.29, 0.717) is 23.5 Å². The topological polar surface area (TPSA) is 83.8 Å². The zero-order valence-electron chi connectivity index (χ0n) is 14.0. The second kappa shape index (κ2) is 7.56. The van der Waals surface area contributed by atoms with Crippen LogP contribution in [0.4, 0.5) is 4.39 Å². The molecule has 2 heterocycles. The average Bonchev–Trinajstić information content (AvgIpc) is 3.11. The van der Waals surface area contributed by atoms with Crippen LogP contribution < -0.4 is 10.6 Å². The van der Waals surface area contributed by atoms with Gasteiger partial charge in [-0.3, -0.25) is 0 Å². The zero-order chi connectivity index (χ0) is 17.8. The molecule has 3 rings (SSSR count). The Kier molecular flexibility index (Phi) is 5.22. The number of rotatable bonds is 7. The third-order valence-corrected chi connectivity index (χ3v) is 4.48. The van der Waals surface area contributed by atoms with Gasteiger partial charge in [-0.15, -0.1) is 10.2 Å². The Bertz CT molecular complexity index is 845. The van der Waals surface area contributed by atoms with Crippen LogP contribution in [0.3, 0.4) is 0 Å². The van der Waals surface area contributed by atoms with Gasteiger partial charge in [0.1, 0.15) is 11.6 Å². The van der Waals surface area contributed by atoms with Crippen molar-refractivity contribution >= 4 is 11.8 Å². The summed E-state index contributed by atoms with van der Waals surface area (Å²) in [4.78, 5) is 0. The Hall–Kier alpha value is -2.55. The summed E-state index contributed by atoms with van der Waals surface area (Å²) in [5, 5.41) is 13.2. The van der Waals surface area contributed by atoms with Crippen LogP contribution in [0.2, 0.25) is 0 Å². The lowest BCUT2D eigenvalue weighted by molar-refractivity contribution is 0.318. The number of hydrogen-bond acceptors (Lipinski definition) is 6. The summed E-state index contributed by atoms with van der Waals surface area (Å²) in [6.07, 6.45) is 0.796. The minimum absolute atomic E-state index is 0.274. The quantitative estimate of drug-likeness (QED) is 0.395. The third-order valence-electron chi connectivity index (χ3n) is 3.45. The van der Waals surface area contributed by atoms with Gasteiger partial charge in [0, 0.05) is 11.4 Å². The van der Waals surface area contributed by atoms with E-state index in [1.165, 1.54) is 28.6 Å². The SMILES string of the molecule is Cc1cc(C)n(-c2nnc(SCCCOc3ccc(F)cc3)n2N)n1. The van der Waals surface area contributed by atoms with E-state index in [1.54, 1.807) is 16.8 Å². The lowest BCUT2D eigenvalue weighted by Gasteiger charge is -2.06. The van der Waals surface area contributed by atoms with E-state index in [9.17, 15) is 4.39 Å². The highest BCUT2D eigenvalue weighted by molar-refractivity contribution is 7.99. The van der Waals surface area contributed by atoms with Crippen LogP contribution in [0.1, 0.15) is 17.8 Å². The Morgan fingerprint density at radius 1 is 1.20 bits per heavy atom. The van der Waals surface area contributed by atoms with Gasteiger partial charge in [-0.1, -0.05) is 11.8 Å². The fourth-order valence-corrected chi connectivity index (χ4v) is 3.05. The third kappa shape index (κ3) is 4.11. The molecule has 7 nitrogen and oxygen atoms in total. The maximum absolute atomic E-state index is 12.8. The van der Waals surface area contributed by atoms with E-state index in [4.69, 9.17) is 10.6 Å². The van der Waals surface area contributed by atoms with Crippen molar-refractivity contribution in [3.63, 3.8) is 0 Å². The van der Waals surface area contributed by atoms with Crippen molar-refractivity contribution in [1.82, 2.24) is 24.7 Å². The molecule has 2 N–H and O–H groups in total. The number of halogens is 1. The maximum atomic E-state index is 12.8. The highest BCUT2D eigenvalue weighted by Crippen LogP contribution is 2.18. The molecular weight excluding hydrogens is 343 g/mol. The number of hydrogen-bond donors (Lipinski definition) is 1. The molecule has 0 aliphatic heterocycles. The zero-order valence-corrected chi connectivity index (χ0v) is 14.8. The van der Waals surface area contributed by atoms with Gasteiger partial charge in [0.15, 0.2) is 0 Å². The Morgan fingerprint density at radius 2 is 1.96 bits per heavy atom. The number of nitrogens with zero attached hydrogens (tertiary/aromatic N) is 5. The first-order valence-corrected chi connectivity index (χ1v) is 8.78. The first-order chi connectivity index (χ1) is 12.0.